The maximum atomic E-state index is 11.3. The molecule has 1 aromatic heterocycles. The Morgan fingerprint density at radius 3 is 3.00 bits per heavy atom. The molecule has 0 radical (unpaired) electrons. The number of carbonyl (C=O) groups is 1. The van der Waals surface area contributed by atoms with Crippen LogP contribution in [0.4, 0.5) is 0 Å². The van der Waals surface area contributed by atoms with E-state index in [1.165, 1.54) is 12.5 Å². The van der Waals surface area contributed by atoms with E-state index in [2.05, 4.69) is 9.97 Å². The monoisotopic (exact) mass is 151 g/mol. The topological polar surface area (TPSA) is 71.8 Å². The average Bonchev–Trinajstić information content (AvgIpc) is 2.56. The summed E-state index contributed by atoms with van der Waals surface area (Å²) in [4.78, 5) is 17.9. The van der Waals surface area contributed by atoms with Crippen LogP contribution < -0.4 is 5.73 Å². The summed E-state index contributed by atoms with van der Waals surface area (Å²) in [7, 11) is 0. The van der Waals surface area contributed by atoms with Crippen LogP contribution in [0.3, 0.4) is 0 Å². The lowest BCUT2D eigenvalue weighted by molar-refractivity contribution is 0.0961. The number of Topliss-reactive ketones (excluding diaryl/α,β-unsaturated/α-hetero) is 1. The third-order valence-electron chi connectivity index (χ3n) is 1.94. The minimum Gasteiger partial charge on any atom is -0.342 e. The first-order valence-corrected chi connectivity index (χ1v) is 3.57. The predicted molar refractivity (Wildman–Crippen MR) is 39.0 cm³/mol. The van der Waals surface area contributed by atoms with E-state index in [1.54, 1.807) is 0 Å². The molecule has 0 spiro atoms. The molecule has 1 fully saturated rings. The fourth-order valence-corrected chi connectivity index (χ4v) is 1.11. The number of ketones is 1. The number of H-pyrrole nitrogens is 1. The van der Waals surface area contributed by atoms with Gasteiger partial charge in [-0.1, -0.05) is 0 Å². The standard InChI is InChI=1S/C7H9N3O/c8-5-1-4(5)7(11)6-2-9-3-10-6/h2-5H,1,8H2,(H,9,10)/t4-,5?/m0/s1. The summed E-state index contributed by atoms with van der Waals surface area (Å²) >= 11 is 0. The number of nitrogens with one attached hydrogen (secondary N) is 1. The number of aromatic amines is 1. The molecule has 1 saturated carbocycles. The Balaban J connectivity index is 2.13. The van der Waals surface area contributed by atoms with Gasteiger partial charge in [0.15, 0.2) is 5.78 Å². The molecule has 1 unspecified atom stereocenters. The third-order valence-corrected chi connectivity index (χ3v) is 1.94. The van der Waals surface area contributed by atoms with Crippen molar-refractivity contribution in [3.8, 4) is 0 Å². The third kappa shape index (κ3) is 1.05. The van der Waals surface area contributed by atoms with Gasteiger partial charge in [-0.2, -0.15) is 0 Å². The van der Waals surface area contributed by atoms with Crippen LogP contribution in [0.2, 0.25) is 0 Å². The molecule has 0 aromatic carbocycles. The van der Waals surface area contributed by atoms with E-state index in [1.807, 2.05) is 0 Å². The summed E-state index contributed by atoms with van der Waals surface area (Å²) in [5.74, 6) is 0.130. The SMILES string of the molecule is NC1C[C@@H]1C(=O)c1cnc[nH]1. The Bertz CT molecular complexity index is 267. The van der Waals surface area contributed by atoms with Crippen LogP contribution in [0.25, 0.3) is 0 Å². The van der Waals surface area contributed by atoms with E-state index < -0.39 is 0 Å². The van der Waals surface area contributed by atoms with Crippen molar-refractivity contribution in [1.29, 1.82) is 0 Å². The Kier molecular flexibility index (Phi) is 1.29. The van der Waals surface area contributed by atoms with E-state index in [-0.39, 0.29) is 17.7 Å². The lowest BCUT2D eigenvalue weighted by Crippen LogP contribution is -2.10. The van der Waals surface area contributed by atoms with E-state index in [0.29, 0.717) is 5.69 Å². The van der Waals surface area contributed by atoms with Gasteiger partial charge in [0.25, 0.3) is 0 Å². The van der Waals surface area contributed by atoms with Crippen molar-refractivity contribution in [2.45, 2.75) is 12.5 Å². The summed E-state index contributed by atoms with van der Waals surface area (Å²) in [5.41, 5.74) is 6.09. The molecule has 1 heterocycles. The summed E-state index contributed by atoms with van der Waals surface area (Å²) < 4.78 is 0. The van der Waals surface area contributed by atoms with E-state index in [0.717, 1.165) is 6.42 Å². The van der Waals surface area contributed by atoms with Gasteiger partial charge in [-0.25, -0.2) is 4.98 Å². The van der Waals surface area contributed by atoms with Gasteiger partial charge in [-0.3, -0.25) is 4.79 Å². The van der Waals surface area contributed by atoms with E-state index in [9.17, 15) is 4.79 Å². The van der Waals surface area contributed by atoms with Crippen LogP contribution >= 0.6 is 0 Å². The highest BCUT2D eigenvalue weighted by molar-refractivity contribution is 5.98. The zero-order valence-corrected chi connectivity index (χ0v) is 5.95. The Hall–Kier alpha value is -1.16. The quantitative estimate of drug-likeness (QED) is 0.581. The zero-order chi connectivity index (χ0) is 7.84. The molecule has 1 aliphatic rings. The minimum atomic E-state index is 0.0375. The van der Waals surface area contributed by atoms with Crippen molar-refractivity contribution in [1.82, 2.24) is 9.97 Å². The zero-order valence-electron chi connectivity index (χ0n) is 5.95. The van der Waals surface area contributed by atoms with Gasteiger partial charge in [0.1, 0.15) is 5.69 Å². The van der Waals surface area contributed by atoms with Gasteiger partial charge in [0, 0.05) is 12.0 Å². The summed E-state index contributed by atoms with van der Waals surface area (Å²) in [5, 5.41) is 0. The van der Waals surface area contributed by atoms with Gasteiger partial charge in [-0.15, -0.1) is 0 Å². The molecule has 0 saturated heterocycles. The number of nitrogens with zero attached hydrogens (tertiary/aromatic N) is 1. The Labute approximate surface area is 63.8 Å². The van der Waals surface area contributed by atoms with Crippen molar-refractivity contribution in [3.05, 3.63) is 18.2 Å². The second-order valence-corrected chi connectivity index (χ2v) is 2.84. The molecular weight excluding hydrogens is 142 g/mol. The largest absolute Gasteiger partial charge is 0.342 e. The van der Waals surface area contributed by atoms with Gasteiger partial charge in [-0.05, 0) is 6.42 Å². The second-order valence-electron chi connectivity index (χ2n) is 2.84. The molecule has 1 aromatic rings. The van der Waals surface area contributed by atoms with Crippen LogP contribution in [0.15, 0.2) is 12.5 Å². The summed E-state index contributed by atoms with van der Waals surface area (Å²) in [6.07, 6.45) is 3.85. The minimum absolute atomic E-state index is 0.0375. The number of carbonyl (C=O) groups excluding carboxylic acids is 1. The first kappa shape index (κ1) is 6.54. The average molecular weight is 151 g/mol. The van der Waals surface area contributed by atoms with Crippen LogP contribution in [-0.2, 0) is 0 Å². The fourth-order valence-electron chi connectivity index (χ4n) is 1.11. The molecule has 3 N–H and O–H groups in total. The van der Waals surface area contributed by atoms with Crippen molar-refractivity contribution < 1.29 is 4.79 Å². The molecule has 2 rings (SSSR count). The molecule has 58 valence electrons. The molecular formula is C7H9N3O. The summed E-state index contributed by atoms with van der Waals surface area (Å²) in [6.45, 7) is 0. The van der Waals surface area contributed by atoms with Gasteiger partial charge < -0.3 is 10.7 Å². The van der Waals surface area contributed by atoms with Gasteiger partial charge in [0.2, 0.25) is 0 Å². The molecule has 1 aliphatic carbocycles. The normalized spacial score (nSPS) is 28.5. The summed E-state index contributed by atoms with van der Waals surface area (Å²) in [6, 6.07) is 0.0748. The first-order chi connectivity index (χ1) is 5.29. The lowest BCUT2D eigenvalue weighted by Gasteiger charge is -1.91. The molecule has 0 amide bonds. The van der Waals surface area contributed by atoms with Gasteiger partial charge in [0.05, 0.1) is 12.5 Å². The van der Waals surface area contributed by atoms with Crippen molar-refractivity contribution >= 4 is 5.78 Å². The highest BCUT2D eigenvalue weighted by Gasteiger charge is 2.40. The van der Waals surface area contributed by atoms with Gasteiger partial charge >= 0.3 is 0 Å². The van der Waals surface area contributed by atoms with Crippen LogP contribution in [0.5, 0.6) is 0 Å². The van der Waals surface area contributed by atoms with Crippen LogP contribution in [0, 0.1) is 5.92 Å². The predicted octanol–water partition coefficient (Wildman–Crippen LogP) is -0.0604. The van der Waals surface area contributed by atoms with Crippen molar-refractivity contribution in [3.63, 3.8) is 0 Å². The molecule has 0 bridgehead atoms. The first-order valence-electron chi connectivity index (χ1n) is 3.57. The fraction of sp³-hybridized carbons (Fsp3) is 0.429. The second kappa shape index (κ2) is 2.17. The van der Waals surface area contributed by atoms with Crippen molar-refractivity contribution in [2.24, 2.45) is 11.7 Å². The number of hydrogen-bond acceptors (Lipinski definition) is 3. The van der Waals surface area contributed by atoms with E-state index >= 15 is 0 Å². The number of nitrogens with two attached hydrogens (primary N) is 1. The highest BCUT2D eigenvalue weighted by Crippen LogP contribution is 2.30. The van der Waals surface area contributed by atoms with Crippen molar-refractivity contribution in [2.75, 3.05) is 0 Å². The molecule has 4 heteroatoms. The maximum absolute atomic E-state index is 11.3. The molecule has 2 atom stereocenters. The Morgan fingerprint density at radius 1 is 1.82 bits per heavy atom. The van der Waals surface area contributed by atoms with E-state index in [4.69, 9.17) is 5.73 Å². The molecule has 11 heavy (non-hydrogen) atoms. The Morgan fingerprint density at radius 2 is 2.55 bits per heavy atom. The number of hydrogen-bond donors (Lipinski definition) is 2. The maximum Gasteiger partial charge on any atom is 0.185 e. The lowest BCUT2D eigenvalue weighted by atomic mass is 10.2. The van der Waals surface area contributed by atoms with Crippen LogP contribution in [-0.4, -0.2) is 21.8 Å². The number of aromatic nitrogens is 2. The molecule has 0 aliphatic heterocycles. The highest BCUT2D eigenvalue weighted by atomic mass is 16.1. The number of rotatable bonds is 2. The van der Waals surface area contributed by atoms with Crippen LogP contribution in [0.1, 0.15) is 16.9 Å². The molecule has 4 nitrogen and oxygen atoms in total. The number of imidazole rings is 1. The smallest absolute Gasteiger partial charge is 0.185 e.